The first-order valence-electron chi connectivity index (χ1n) is 11.0. The monoisotopic (exact) mass is 424 g/mol. The molecule has 30 heavy (non-hydrogen) atoms. The second-order valence-corrected chi connectivity index (χ2v) is 9.66. The minimum Gasteiger partial charge on any atom is -0.370 e. The van der Waals surface area contributed by atoms with Gasteiger partial charge in [-0.25, -0.2) is 0 Å². The van der Waals surface area contributed by atoms with Gasteiger partial charge in [0.1, 0.15) is 0 Å². The van der Waals surface area contributed by atoms with Gasteiger partial charge in [-0.15, -0.1) is 11.3 Å². The second-order valence-electron chi connectivity index (χ2n) is 8.52. The Balaban J connectivity index is 1.25. The molecule has 5 rings (SSSR count). The lowest BCUT2D eigenvalue weighted by Gasteiger charge is -2.44. The summed E-state index contributed by atoms with van der Waals surface area (Å²) in [5.41, 5.74) is 2.35. The molecule has 3 aliphatic rings. The van der Waals surface area contributed by atoms with Crippen LogP contribution < -0.4 is 0 Å². The smallest absolute Gasteiger partial charge is 0.224 e. The first-order chi connectivity index (χ1) is 14.6. The molecule has 0 aliphatic carbocycles. The van der Waals surface area contributed by atoms with Crippen molar-refractivity contribution in [2.45, 2.75) is 44.1 Å². The summed E-state index contributed by atoms with van der Waals surface area (Å²) in [6.07, 6.45) is 4.65. The third-order valence-corrected chi connectivity index (χ3v) is 8.00. The molecule has 4 heterocycles. The van der Waals surface area contributed by atoms with Crippen molar-refractivity contribution in [1.82, 2.24) is 9.80 Å². The van der Waals surface area contributed by atoms with Crippen LogP contribution in [0.4, 0.5) is 0 Å². The molecule has 2 amide bonds. The summed E-state index contributed by atoms with van der Waals surface area (Å²) in [6, 6.07) is 12.9. The molecule has 1 spiro atoms. The Morgan fingerprint density at radius 2 is 1.90 bits per heavy atom. The van der Waals surface area contributed by atoms with Crippen molar-refractivity contribution in [2.24, 2.45) is 0 Å². The second kappa shape index (κ2) is 8.16. The number of fused-ring (bicyclic) bond motifs is 2. The van der Waals surface area contributed by atoms with Crippen LogP contribution in [0.5, 0.6) is 0 Å². The standard InChI is InChI=1S/C24H28N2O3S/c27-22-7-4-12-25(22)13-8-23(28)26-14-10-24(11-15-26)19-17-21(18-5-2-1-3-6-18)30-20(19)9-16-29-24/h1-3,5-6,17H,4,7-16H2. The highest BCUT2D eigenvalue weighted by molar-refractivity contribution is 7.15. The zero-order chi connectivity index (χ0) is 20.6. The third kappa shape index (κ3) is 3.67. The molecule has 0 saturated carbocycles. The van der Waals surface area contributed by atoms with E-state index in [1.807, 2.05) is 27.2 Å². The van der Waals surface area contributed by atoms with Gasteiger partial charge in [-0.05, 0) is 36.5 Å². The number of carbonyl (C=O) groups excluding carboxylic acids is 2. The molecular weight excluding hydrogens is 396 g/mol. The van der Waals surface area contributed by atoms with E-state index >= 15 is 0 Å². The van der Waals surface area contributed by atoms with E-state index in [1.54, 1.807) is 0 Å². The number of benzene rings is 1. The van der Waals surface area contributed by atoms with E-state index in [2.05, 4.69) is 30.3 Å². The van der Waals surface area contributed by atoms with E-state index in [1.165, 1.54) is 20.9 Å². The van der Waals surface area contributed by atoms with E-state index < -0.39 is 0 Å². The van der Waals surface area contributed by atoms with Crippen molar-refractivity contribution in [3.8, 4) is 10.4 Å². The fraction of sp³-hybridized carbons (Fsp3) is 0.500. The molecule has 0 radical (unpaired) electrons. The van der Waals surface area contributed by atoms with Crippen molar-refractivity contribution in [1.29, 1.82) is 0 Å². The predicted molar refractivity (Wildman–Crippen MR) is 117 cm³/mol. The van der Waals surface area contributed by atoms with Crippen molar-refractivity contribution >= 4 is 23.2 Å². The number of hydrogen-bond donors (Lipinski definition) is 0. The average Bonchev–Trinajstić information content (AvgIpc) is 3.40. The first kappa shape index (κ1) is 19.8. The summed E-state index contributed by atoms with van der Waals surface area (Å²) in [6.45, 7) is 3.57. The number of ether oxygens (including phenoxy) is 1. The number of hydrogen-bond acceptors (Lipinski definition) is 4. The number of amides is 2. The van der Waals surface area contributed by atoms with Gasteiger partial charge in [-0.1, -0.05) is 30.3 Å². The molecule has 1 aromatic carbocycles. The van der Waals surface area contributed by atoms with Crippen LogP contribution in [0, 0.1) is 0 Å². The Morgan fingerprint density at radius 1 is 1.10 bits per heavy atom. The maximum absolute atomic E-state index is 12.7. The Bertz CT molecular complexity index is 931. The van der Waals surface area contributed by atoms with Crippen LogP contribution in [0.15, 0.2) is 36.4 Å². The van der Waals surface area contributed by atoms with Crippen LogP contribution in [0.25, 0.3) is 10.4 Å². The lowest BCUT2D eigenvalue weighted by molar-refractivity contribution is -0.141. The van der Waals surface area contributed by atoms with Gasteiger partial charge in [0.05, 0.1) is 12.2 Å². The third-order valence-electron chi connectivity index (χ3n) is 6.76. The Hall–Kier alpha value is -2.18. The lowest BCUT2D eigenvalue weighted by atomic mass is 9.82. The van der Waals surface area contributed by atoms with E-state index in [-0.39, 0.29) is 17.4 Å². The zero-order valence-electron chi connectivity index (χ0n) is 17.3. The highest BCUT2D eigenvalue weighted by Gasteiger charge is 2.42. The molecular formula is C24H28N2O3S. The topological polar surface area (TPSA) is 49.9 Å². The molecule has 0 bridgehead atoms. The largest absolute Gasteiger partial charge is 0.370 e. The summed E-state index contributed by atoms with van der Waals surface area (Å²) in [7, 11) is 0. The number of carbonyl (C=O) groups is 2. The van der Waals surface area contributed by atoms with Crippen molar-refractivity contribution < 1.29 is 14.3 Å². The molecule has 2 fully saturated rings. The van der Waals surface area contributed by atoms with Gasteiger partial charge in [0.2, 0.25) is 11.8 Å². The molecule has 1 aromatic heterocycles. The highest BCUT2D eigenvalue weighted by atomic mass is 32.1. The van der Waals surface area contributed by atoms with Gasteiger partial charge in [0.25, 0.3) is 0 Å². The minimum atomic E-state index is -0.251. The number of likely N-dealkylation sites (tertiary alicyclic amines) is 2. The number of nitrogens with zero attached hydrogens (tertiary/aromatic N) is 2. The van der Waals surface area contributed by atoms with Crippen LogP contribution in [0.1, 0.15) is 42.5 Å². The first-order valence-corrected chi connectivity index (χ1v) is 11.8. The van der Waals surface area contributed by atoms with Crippen molar-refractivity contribution in [3.63, 3.8) is 0 Å². The normalized spacial score (nSPS) is 20.6. The summed E-state index contributed by atoms with van der Waals surface area (Å²) >= 11 is 1.89. The van der Waals surface area contributed by atoms with Gasteiger partial charge < -0.3 is 14.5 Å². The van der Waals surface area contributed by atoms with Crippen LogP contribution in [0.3, 0.4) is 0 Å². The molecule has 158 valence electrons. The van der Waals surface area contributed by atoms with E-state index in [9.17, 15) is 9.59 Å². The van der Waals surface area contributed by atoms with Gasteiger partial charge in [0, 0.05) is 55.2 Å². The summed E-state index contributed by atoms with van der Waals surface area (Å²) in [4.78, 5) is 31.0. The number of rotatable bonds is 4. The Morgan fingerprint density at radius 3 is 2.63 bits per heavy atom. The zero-order valence-corrected chi connectivity index (χ0v) is 18.1. The fourth-order valence-corrected chi connectivity index (χ4v) is 6.26. The van der Waals surface area contributed by atoms with Gasteiger partial charge in [-0.3, -0.25) is 9.59 Å². The van der Waals surface area contributed by atoms with Gasteiger partial charge in [-0.2, -0.15) is 0 Å². The molecule has 3 aliphatic heterocycles. The van der Waals surface area contributed by atoms with Crippen LogP contribution in [-0.2, 0) is 26.3 Å². The molecule has 0 atom stereocenters. The lowest BCUT2D eigenvalue weighted by Crippen LogP contribution is -2.48. The maximum atomic E-state index is 12.7. The van der Waals surface area contributed by atoms with Crippen molar-refractivity contribution in [2.75, 3.05) is 32.8 Å². The summed E-state index contributed by atoms with van der Waals surface area (Å²) in [5, 5.41) is 0. The number of piperidine rings is 1. The fourth-order valence-electron chi connectivity index (χ4n) is 5.02. The SMILES string of the molecule is O=C1CCCN1CCC(=O)N1CCC2(CC1)OCCc1sc(-c3ccccc3)cc12. The van der Waals surface area contributed by atoms with E-state index in [0.29, 0.717) is 19.4 Å². The van der Waals surface area contributed by atoms with Crippen molar-refractivity contribution in [3.05, 3.63) is 46.8 Å². The van der Waals surface area contributed by atoms with Gasteiger partial charge in [0.15, 0.2) is 0 Å². The quantitative estimate of drug-likeness (QED) is 0.750. The van der Waals surface area contributed by atoms with E-state index in [0.717, 1.165) is 51.9 Å². The molecule has 0 N–H and O–H groups in total. The molecule has 2 aromatic rings. The van der Waals surface area contributed by atoms with Crippen LogP contribution in [-0.4, -0.2) is 54.4 Å². The molecule has 6 heteroatoms. The number of thiophene rings is 1. The van der Waals surface area contributed by atoms with E-state index in [4.69, 9.17) is 4.74 Å². The molecule has 2 saturated heterocycles. The predicted octanol–water partition coefficient (Wildman–Crippen LogP) is 3.82. The summed E-state index contributed by atoms with van der Waals surface area (Å²) < 4.78 is 6.38. The molecule has 5 nitrogen and oxygen atoms in total. The Labute approximate surface area is 181 Å². The maximum Gasteiger partial charge on any atom is 0.224 e. The highest BCUT2D eigenvalue weighted by Crippen LogP contribution is 2.46. The summed E-state index contributed by atoms with van der Waals surface area (Å²) in [5.74, 6) is 0.353. The van der Waals surface area contributed by atoms with Crippen LogP contribution >= 0.6 is 11.3 Å². The Kier molecular flexibility index (Phi) is 5.37. The van der Waals surface area contributed by atoms with Gasteiger partial charge >= 0.3 is 0 Å². The average molecular weight is 425 g/mol. The van der Waals surface area contributed by atoms with Crippen LogP contribution in [0.2, 0.25) is 0 Å². The minimum absolute atomic E-state index is 0.163. The molecule has 0 unspecified atom stereocenters.